The van der Waals surface area contributed by atoms with Gasteiger partial charge in [0.1, 0.15) is 0 Å². The highest BCUT2D eigenvalue weighted by Gasteiger charge is 2.28. The van der Waals surface area contributed by atoms with Crippen LogP contribution in [0.25, 0.3) is 10.9 Å². The second kappa shape index (κ2) is 5.51. The molecule has 0 radical (unpaired) electrons. The quantitative estimate of drug-likeness (QED) is 0.785. The normalized spacial score (nSPS) is 16.2. The maximum absolute atomic E-state index is 12.9. The molecule has 1 N–H and O–H groups in total. The average Bonchev–Trinajstić information content (AvgIpc) is 2.78. The van der Waals surface area contributed by atoms with Gasteiger partial charge in [-0.2, -0.15) is 4.31 Å². The summed E-state index contributed by atoms with van der Waals surface area (Å²) in [5.74, 6) is 0. The summed E-state index contributed by atoms with van der Waals surface area (Å²) in [4.78, 5) is 3.81. The van der Waals surface area contributed by atoms with Crippen molar-refractivity contribution in [2.45, 2.75) is 24.3 Å². The van der Waals surface area contributed by atoms with Crippen molar-refractivity contribution < 1.29 is 8.42 Å². The van der Waals surface area contributed by atoms with Crippen LogP contribution in [0.15, 0.2) is 59.5 Å². The monoisotopic (exact) mass is 326 g/mol. The Kier molecular flexibility index (Phi) is 3.47. The van der Waals surface area contributed by atoms with Gasteiger partial charge in [-0.1, -0.05) is 36.4 Å². The van der Waals surface area contributed by atoms with Gasteiger partial charge in [0.05, 0.1) is 4.90 Å². The van der Waals surface area contributed by atoms with E-state index in [1.165, 1.54) is 0 Å². The summed E-state index contributed by atoms with van der Waals surface area (Å²) in [7, 11) is -3.46. The molecular weight excluding hydrogens is 308 g/mol. The zero-order valence-corrected chi connectivity index (χ0v) is 13.5. The summed E-state index contributed by atoms with van der Waals surface area (Å²) in [6.45, 7) is 0.977. The summed E-state index contributed by atoms with van der Waals surface area (Å²) in [6, 6.07) is 16.8. The van der Waals surface area contributed by atoms with E-state index in [9.17, 15) is 8.42 Å². The minimum absolute atomic E-state index is 0.364. The number of aromatic nitrogens is 1. The molecule has 1 aromatic heterocycles. The molecule has 0 saturated carbocycles. The molecule has 118 valence electrons. The molecule has 3 aromatic rings. The molecule has 0 atom stereocenters. The number of rotatable bonds is 2. The molecule has 4 nitrogen and oxygen atoms in total. The Labute approximate surface area is 135 Å². The zero-order valence-electron chi connectivity index (χ0n) is 12.7. The van der Waals surface area contributed by atoms with Gasteiger partial charge in [-0.3, -0.25) is 0 Å². The van der Waals surface area contributed by atoms with Gasteiger partial charge in [0.15, 0.2) is 0 Å². The SMILES string of the molecule is O=S(=O)(c1ccccc1)N1CCCc2[nH]c3ccccc3c2C1. The predicted molar refractivity (Wildman–Crippen MR) is 90.7 cm³/mol. The summed E-state index contributed by atoms with van der Waals surface area (Å²) < 4.78 is 27.5. The lowest BCUT2D eigenvalue weighted by atomic mass is 10.1. The lowest BCUT2D eigenvalue weighted by Gasteiger charge is -2.20. The Morgan fingerprint density at radius 3 is 2.52 bits per heavy atom. The second-order valence-electron chi connectivity index (χ2n) is 5.88. The van der Waals surface area contributed by atoms with Crippen LogP contribution < -0.4 is 0 Å². The van der Waals surface area contributed by atoms with Crippen LogP contribution in [0, 0.1) is 0 Å². The van der Waals surface area contributed by atoms with Crippen LogP contribution in [0.5, 0.6) is 0 Å². The summed E-state index contributed by atoms with van der Waals surface area (Å²) in [5, 5.41) is 1.12. The van der Waals surface area contributed by atoms with Crippen molar-refractivity contribution in [1.82, 2.24) is 9.29 Å². The first-order valence-electron chi connectivity index (χ1n) is 7.80. The van der Waals surface area contributed by atoms with Gasteiger partial charge in [-0.25, -0.2) is 8.42 Å². The van der Waals surface area contributed by atoms with Crippen LogP contribution in [0.2, 0.25) is 0 Å². The van der Waals surface area contributed by atoms with Crippen molar-refractivity contribution in [3.8, 4) is 0 Å². The van der Waals surface area contributed by atoms with Crippen LogP contribution in [-0.4, -0.2) is 24.3 Å². The van der Waals surface area contributed by atoms with Crippen molar-refractivity contribution in [1.29, 1.82) is 0 Å². The highest BCUT2D eigenvalue weighted by atomic mass is 32.2. The largest absolute Gasteiger partial charge is 0.358 e. The van der Waals surface area contributed by atoms with E-state index in [-0.39, 0.29) is 0 Å². The van der Waals surface area contributed by atoms with Crippen LogP contribution in [0.3, 0.4) is 0 Å². The Morgan fingerprint density at radius 1 is 0.957 bits per heavy atom. The van der Waals surface area contributed by atoms with E-state index in [2.05, 4.69) is 11.1 Å². The molecule has 2 aromatic carbocycles. The molecule has 0 aliphatic carbocycles. The molecule has 0 unspecified atom stereocenters. The fourth-order valence-corrected chi connectivity index (χ4v) is 4.75. The van der Waals surface area contributed by atoms with E-state index in [0.717, 1.165) is 35.0 Å². The van der Waals surface area contributed by atoms with Crippen LogP contribution >= 0.6 is 0 Å². The lowest BCUT2D eigenvalue weighted by Crippen LogP contribution is -2.30. The average molecular weight is 326 g/mol. The highest BCUT2D eigenvalue weighted by Crippen LogP contribution is 2.29. The van der Waals surface area contributed by atoms with Gasteiger partial charge in [-0.05, 0) is 36.6 Å². The molecule has 0 fully saturated rings. The molecule has 5 heteroatoms. The van der Waals surface area contributed by atoms with E-state index in [1.54, 1.807) is 28.6 Å². The van der Waals surface area contributed by atoms with Crippen molar-refractivity contribution in [3.63, 3.8) is 0 Å². The van der Waals surface area contributed by atoms with E-state index >= 15 is 0 Å². The number of sulfonamides is 1. The van der Waals surface area contributed by atoms with Crippen molar-refractivity contribution in [2.24, 2.45) is 0 Å². The van der Waals surface area contributed by atoms with Gasteiger partial charge >= 0.3 is 0 Å². The number of hydrogen-bond acceptors (Lipinski definition) is 2. The highest BCUT2D eigenvalue weighted by molar-refractivity contribution is 7.89. The number of hydrogen-bond donors (Lipinski definition) is 1. The fourth-order valence-electron chi connectivity index (χ4n) is 3.28. The first-order chi connectivity index (χ1) is 11.2. The zero-order chi connectivity index (χ0) is 15.9. The van der Waals surface area contributed by atoms with E-state index in [0.29, 0.717) is 18.0 Å². The van der Waals surface area contributed by atoms with E-state index in [1.807, 2.05) is 24.3 Å². The minimum atomic E-state index is -3.46. The molecule has 0 amide bonds. The first-order valence-corrected chi connectivity index (χ1v) is 9.24. The molecule has 0 bridgehead atoms. The second-order valence-corrected chi connectivity index (χ2v) is 7.82. The topological polar surface area (TPSA) is 53.2 Å². The third-order valence-electron chi connectivity index (χ3n) is 4.45. The molecule has 2 heterocycles. The van der Waals surface area contributed by atoms with Crippen LogP contribution in [0.4, 0.5) is 0 Å². The van der Waals surface area contributed by atoms with E-state index < -0.39 is 10.0 Å². The van der Waals surface area contributed by atoms with Gasteiger partial charge < -0.3 is 4.98 Å². The fraction of sp³-hybridized carbons (Fsp3) is 0.222. The van der Waals surface area contributed by atoms with Gasteiger partial charge in [-0.15, -0.1) is 0 Å². The van der Waals surface area contributed by atoms with Gasteiger partial charge in [0.2, 0.25) is 10.0 Å². The maximum atomic E-state index is 12.9. The number of nitrogens with zero attached hydrogens (tertiary/aromatic N) is 1. The van der Waals surface area contributed by atoms with Crippen LogP contribution in [0.1, 0.15) is 17.7 Å². The predicted octanol–water partition coefficient (Wildman–Crippen LogP) is 3.31. The number of H-pyrrole nitrogens is 1. The Bertz CT molecular complexity index is 946. The maximum Gasteiger partial charge on any atom is 0.243 e. The first kappa shape index (κ1) is 14.5. The van der Waals surface area contributed by atoms with Crippen molar-refractivity contribution in [3.05, 3.63) is 65.9 Å². The minimum Gasteiger partial charge on any atom is -0.358 e. The van der Waals surface area contributed by atoms with Crippen molar-refractivity contribution in [2.75, 3.05) is 6.54 Å². The summed E-state index contributed by atoms with van der Waals surface area (Å²) >= 11 is 0. The number of aryl methyl sites for hydroxylation is 1. The third-order valence-corrected chi connectivity index (χ3v) is 6.31. The molecule has 1 aliphatic heterocycles. The summed E-state index contributed by atoms with van der Waals surface area (Å²) in [5.41, 5.74) is 3.35. The third kappa shape index (κ3) is 2.46. The number of benzene rings is 2. The molecular formula is C18H18N2O2S. The lowest BCUT2D eigenvalue weighted by molar-refractivity contribution is 0.411. The number of aromatic amines is 1. The number of fused-ring (bicyclic) bond motifs is 3. The Hall–Kier alpha value is -2.11. The van der Waals surface area contributed by atoms with Gasteiger partial charge in [0, 0.05) is 29.7 Å². The summed E-state index contributed by atoms with van der Waals surface area (Å²) in [6.07, 6.45) is 1.71. The van der Waals surface area contributed by atoms with Gasteiger partial charge in [0.25, 0.3) is 0 Å². The standard InChI is InChI=1S/C18H18N2O2S/c21-23(22,14-7-2-1-3-8-14)20-12-6-11-18-16(13-20)15-9-4-5-10-17(15)19-18/h1-5,7-10,19H,6,11-13H2. The molecule has 4 rings (SSSR count). The molecule has 0 spiro atoms. The molecule has 1 aliphatic rings. The number of nitrogens with one attached hydrogen (secondary N) is 1. The van der Waals surface area contributed by atoms with E-state index in [4.69, 9.17) is 0 Å². The van der Waals surface area contributed by atoms with Crippen LogP contribution in [-0.2, 0) is 23.0 Å². The number of para-hydroxylation sites is 1. The Morgan fingerprint density at radius 2 is 1.70 bits per heavy atom. The molecule has 0 saturated heterocycles. The van der Waals surface area contributed by atoms with Crippen molar-refractivity contribution >= 4 is 20.9 Å². The molecule has 23 heavy (non-hydrogen) atoms. The smallest absolute Gasteiger partial charge is 0.243 e. The Balaban J connectivity index is 1.78.